The van der Waals surface area contributed by atoms with E-state index in [0.717, 1.165) is 6.54 Å². The highest BCUT2D eigenvalue weighted by Gasteiger charge is 2.35. The van der Waals surface area contributed by atoms with Gasteiger partial charge in [0.15, 0.2) is 0 Å². The molecule has 1 aromatic rings. The first-order valence-corrected chi connectivity index (χ1v) is 6.41. The summed E-state index contributed by atoms with van der Waals surface area (Å²) in [6.07, 6.45) is 3.70. The second-order valence-corrected chi connectivity index (χ2v) is 5.36. The lowest BCUT2D eigenvalue weighted by Crippen LogP contribution is -2.30. The molecule has 0 spiro atoms. The van der Waals surface area contributed by atoms with Gasteiger partial charge in [0.25, 0.3) is 0 Å². The Kier molecular flexibility index (Phi) is 3.66. The highest BCUT2D eigenvalue weighted by atomic mass is 16.4. The fourth-order valence-corrected chi connectivity index (χ4v) is 2.36. The van der Waals surface area contributed by atoms with Crippen molar-refractivity contribution >= 4 is 6.01 Å². The zero-order valence-electron chi connectivity index (χ0n) is 10.9. The van der Waals surface area contributed by atoms with Gasteiger partial charge in [-0.3, -0.25) is 0 Å². The largest absolute Gasteiger partial charge is 0.407 e. The van der Waals surface area contributed by atoms with Gasteiger partial charge in [-0.25, -0.2) is 0 Å². The third-order valence-electron chi connectivity index (χ3n) is 3.55. The Labute approximate surface area is 102 Å². The van der Waals surface area contributed by atoms with Crippen molar-refractivity contribution in [2.24, 2.45) is 5.41 Å². The van der Waals surface area contributed by atoms with E-state index < -0.39 is 0 Å². The summed E-state index contributed by atoms with van der Waals surface area (Å²) in [5, 5.41) is 14.6. The lowest BCUT2D eigenvalue weighted by Gasteiger charge is -2.26. The monoisotopic (exact) mass is 238 g/mol. The van der Waals surface area contributed by atoms with Crippen LogP contribution < -0.4 is 10.6 Å². The fraction of sp³-hybridized carbons (Fsp3) is 0.833. The van der Waals surface area contributed by atoms with Gasteiger partial charge in [0.1, 0.15) is 0 Å². The third kappa shape index (κ3) is 2.97. The predicted octanol–water partition coefficient (Wildman–Crippen LogP) is 2.17. The van der Waals surface area contributed by atoms with Crippen LogP contribution in [0.5, 0.6) is 0 Å². The molecule has 1 saturated carbocycles. The van der Waals surface area contributed by atoms with Crippen molar-refractivity contribution in [3.05, 3.63) is 5.89 Å². The van der Waals surface area contributed by atoms with E-state index in [9.17, 15) is 0 Å². The minimum absolute atomic E-state index is 0.316. The summed E-state index contributed by atoms with van der Waals surface area (Å²) < 4.78 is 5.55. The maximum atomic E-state index is 5.55. The lowest BCUT2D eigenvalue weighted by atomic mass is 9.87. The summed E-state index contributed by atoms with van der Waals surface area (Å²) in [6.45, 7) is 8.16. The van der Waals surface area contributed by atoms with Crippen molar-refractivity contribution in [1.29, 1.82) is 0 Å². The SMILES string of the molecule is CCNCc1nnc(NC2CCCC2(C)C)o1. The molecule has 1 fully saturated rings. The molecule has 1 unspecified atom stereocenters. The molecule has 5 nitrogen and oxygen atoms in total. The van der Waals surface area contributed by atoms with Crippen LogP contribution in [0.25, 0.3) is 0 Å². The van der Waals surface area contributed by atoms with Crippen molar-refractivity contribution < 1.29 is 4.42 Å². The first-order valence-electron chi connectivity index (χ1n) is 6.41. The summed E-state index contributed by atoms with van der Waals surface area (Å²) in [5.41, 5.74) is 0.316. The smallest absolute Gasteiger partial charge is 0.315 e. The number of rotatable bonds is 5. The summed E-state index contributed by atoms with van der Waals surface area (Å²) in [7, 11) is 0. The zero-order chi connectivity index (χ0) is 12.3. The molecule has 0 aliphatic heterocycles. The number of hydrogen-bond donors (Lipinski definition) is 2. The molecular weight excluding hydrogens is 216 g/mol. The number of nitrogens with one attached hydrogen (secondary N) is 2. The second-order valence-electron chi connectivity index (χ2n) is 5.36. The fourth-order valence-electron chi connectivity index (χ4n) is 2.36. The van der Waals surface area contributed by atoms with Crippen LogP contribution in [0.3, 0.4) is 0 Å². The number of aromatic nitrogens is 2. The molecule has 17 heavy (non-hydrogen) atoms. The van der Waals surface area contributed by atoms with E-state index in [4.69, 9.17) is 4.42 Å². The average molecular weight is 238 g/mol. The van der Waals surface area contributed by atoms with E-state index >= 15 is 0 Å². The molecule has 1 aliphatic carbocycles. The van der Waals surface area contributed by atoms with Crippen LogP contribution in [-0.4, -0.2) is 22.8 Å². The van der Waals surface area contributed by atoms with E-state index in [1.165, 1.54) is 19.3 Å². The highest BCUT2D eigenvalue weighted by molar-refractivity contribution is 5.22. The quantitative estimate of drug-likeness (QED) is 0.823. The molecule has 1 heterocycles. The van der Waals surface area contributed by atoms with Gasteiger partial charge in [-0.15, -0.1) is 5.10 Å². The number of anilines is 1. The highest BCUT2D eigenvalue weighted by Crippen LogP contribution is 2.38. The molecule has 0 amide bonds. The molecule has 0 saturated heterocycles. The Morgan fingerprint density at radius 2 is 2.24 bits per heavy atom. The molecule has 96 valence electrons. The standard InChI is InChI=1S/C12H22N4O/c1-4-13-8-10-15-16-11(17-10)14-9-6-5-7-12(9,2)3/h9,13H,4-8H2,1-3H3,(H,14,16). The lowest BCUT2D eigenvalue weighted by molar-refractivity contribution is 0.342. The number of hydrogen-bond acceptors (Lipinski definition) is 5. The maximum Gasteiger partial charge on any atom is 0.315 e. The second kappa shape index (κ2) is 5.04. The summed E-state index contributed by atoms with van der Waals surface area (Å²) >= 11 is 0. The van der Waals surface area contributed by atoms with Crippen LogP contribution in [0.2, 0.25) is 0 Å². The minimum atomic E-state index is 0.316. The summed E-state index contributed by atoms with van der Waals surface area (Å²) in [6, 6.07) is 0.993. The van der Waals surface area contributed by atoms with Gasteiger partial charge < -0.3 is 15.1 Å². The van der Waals surface area contributed by atoms with Crippen molar-refractivity contribution in [2.45, 2.75) is 52.6 Å². The van der Waals surface area contributed by atoms with E-state index in [2.05, 4.69) is 41.6 Å². The van der Waals surface area contributed by atoms with Gasteiger partial charge >= 0.3 is 6.01 Å². The first kappa shape index (κ1) is 12.4. The Morgan fingerprint density at radius 1 is 1.41 bits per heavy atom. The maximum absolute atomic E-state index is 5.55. The van der Waals surface area contributed by atoms with Crippen LogP contribution >= 0.6 is 0 Å². The predicted molar refractivity (Wildman–Crippen MR) is 66.7 cm³/mol. The van der Waals surface area contributed by atoms with Crippen molar-refractivity contribution in [3.8, 4) is 0 Å². The number of nitrogens with zero attached hydrogens (tertiary/aromatic N) is 2. The van der Waals surface area contributed by atoms with Crippen LogP contribution in [0.4, 0.5) is 6.01 Å². The summed E-state index contributed by atoms with van der Waals surface area (Å²) in [5.74, 6) is 0.644. The van der Waals surface area contributed by atoms with Crippen LogP contribution in [0.1, 0.15) is 45.9 Å². The van der Waals surface area contributed by atoms with Crippen LogP contribution in [0, 0.1) is 5.41 Å². The van der Waals surface area contributed by atoms with Gasteiger partial charge in [0.2, 0.25) is 5.89 Å². The first-order chi connectivity index (χ1) is 8.12. The van der Waals surface area contributed by atoms with Crippen molar-refractivity contribution in [2.75, 3.05) is 11.9 Å². The zero-order valence-corrected chi connectivity index (χ0v) is 10.9. The van der Waals surface area contributed by atoms with Gasteiger partial charge in [-0.2, -0.15) is 0 Å². The molecule has 5 heteroatoms. The van der Waals surface area contributed by atoms with E-state index in [0.29, 0.717) is 29.9 Å². The van der Waals surface area contributed by atoms with Crippen LogP contribution in [-0.2, 0) is 6.54 Å². The normalized spacial score (nSPS) is 22.9. The molecule has 2 N–H and O–H groups in total. The minimum Gasteiger partial charge on any atom is -0.407 e. The Balaban J connectivity index is 1.92. The van der Waals surface area contributed by atoms with E-state index in [-0.39, 0.29) is 0 Å². The molecule has 2 rings (SSSR count). The molecule has 1 aromatic heterocycles. The Hall–Kier alpha value is -1.10. The Morgan fingerprint density at radius 3 is 2.88 bits per heavy atom. The van der Waals surface area contributed by atoms with E-state index in [1.807, 2.05) is 0 Å². The molecule has 0 radical (unpaired) electrons. The molecule has 0 bridgehead atoms. The van der Waals surface area contributed by atoms with Crippen LogP contribution in [0.15, 0.2) is 4.42 Å². The molecule has 1 atom stereocenters. The third-order valence-corrected chi connectivity index (χ3v) is 3.55. The van der Waals surface area contributed by atoms with Gasteiger partial charge in [0.05, 0.1) is 6.54 Å². The van der Waals surface area contributed by atoms with Gasteiger partial charge in [-0.05, 0) is 24.8 Å². The van der Waals surface area contributed by atoms with Crippen molar-refractivity contribution in [1.82, 2.24) is 15.5 Å². The van der Waals surface area contributed by atoms with Crippen molar-refractivity contribution in [3.63, 3.8) is 0 Å². The summed E-state index contributed by atoms with van der Waals surface area (Å²) in [4.78, 5) is 0. The molecular formula is C12H22N4O. The van der Waals surface area contributed by atoms with E-state index in [1.54, 1.807) is 0 Å². The average Bonchev–Trinajstić information content (AvgIpc) is 2.84. The topological polar surface area (TPSA) is 63.0 Å². The Bertz CT molecular complexity index is 361. The van der Waals surface area contributed by atoms with Gasteiger partial charge in [0, 0.05) is 6.04 Å². The molecule has 1 aliphatic rings. The van der Waals surface area contributed by atoms with Gasteiger partial charge in [-0.1, -0.05) is 32.3 Å². The molecule has 0 aromatic carbocycles.